The summed E-state index contributed by atoms with van der Waals surface area (Å²) in [5.74, 6) is 3.99. The first kappa shape index (κ1) is 28.9. The van der Waals surface area contributed by atoms with Gasteiger partial charge in [0.1, 0.15) is 6.10 Å². The summed E-state index contributed by atoms with van der Waals surface area (Å²) in [5, 5.41) is 10.8. The lowest BCUT2D eigenvalue weighted by molar-refractivity contribution is -0.0795. The van der Waals surface area contributed by atoms with Crippen LogP contribution in [0.25, 0.3) is 0 Å². The van der Waals surface area contributed by atoms with E-state index in [0.717, 1.165) is 55.8 Å². The topological polar surface area (TPSA) is 46.5 Å². The molecule has 1 aromatic carbocycles. The standard InChI is InChI=1S/C36H54O3/c1-7-36-20-19-30-28(15-14-27-23-34(5,38)21-22-35(27,30)6)31(36)17-16-29(36)25(4)13-18-32(24(2)3)39-33(37)26-11-9-8-10-12-26/h8-12,14,24-25,28-32,38H,7,13,15-23H2,1-6H3/t25-,28-,29-,30?,31+,32-,34+,35+,36-/m1/s1. The fourth-order valence-corrected chi connectivity index (χ4v) is 10.1. The summed E-state index contributed by atoms with van der Waals surface area (Å²) in [4.78, 5) is 12.8. The van der Waals surface area contributed by atoms with E-state index in [1.807, 2.05) is 37.3 Å². The van der Waals surface area contributed by atoms with Crippen LogP contribution in [0.15, 0.2) is 42.0 Å². The van der Waals surface area contributed by atoms with Crippen molar-refractivity contribution in [2.75, 3.05) is 0 Å². The monoisotopic (exact) mass is 534 g/mol. The van der Waals surface area contributed by atoms with Crippen LogP contribution >= 0.6 is 0 Å². The van der Waals surface area contributed by atoms with Crippen molar-refractivity contribution in [2.24, 2.45) is 46.3 Å². The van der Waals surface area contributed by atoms with Crippen molar-refractivity contribution in [3.8, 4) is 0 Å². The number of hydrogen-bond donors (Lipinski definition) is 1. The molecular weight excluding hydrogens is 480 g/mol. The lowest BCUT2D eigenvalue weighted by atomic mass is 9.45. The maximum atomic E-state index is 12.8. The molecule has 1 aromatic rings. The molecule has 0 aliphatic heterocycles. The number of rotatable bonds is 8. The number of allylic oxidation sites excluding steroid dienone is 1. The van der Waals surface area contributed by atoms with E-state index in [9.17, 15) is 9.90 Å². The number of esters is 1. The van der Waals surface area contributed by atoms with Crippen molar-refractivity contribution in [1.82, 2.24) is 0 Å². The molecule has 0 aromatic heterocycles. The zero-order chi connectivity index (χ0) is 28.0. The molecule has 3 fully saturated rings. The van der Waals surface area contributed by atoms with Gasteiger partial charge in [-0.1, -0.05) is 64.5 Å². The average molecular weight is 535 g/mol. The number of carbonyl (C=O) groups is 1. The molecule has 1 unspecified atom stereocenters. The summed E-state index contributed by atoms with van der Waals surface area (Å²) in [5.41, 5.74) is 2.46. The minimum absolute atomic E-state index is 0.0315. The first-order valence-corrected chi connectivity index (χ1v) is 16.2. The van der Waals surface area contributed by atoms with Gasteiger partial charge >= 0.3 is 5.97 Å². The molecule has 9 atom stereocenters. The zero-order valence-corrected chi connectivity index (χ0v) is 25.5. The second-order valence-electron chi connectivity index (χ2n) is 14.9. The molecule has 3 nitrogen and oxygen atoms in total. The number of hydrogen-bond acceptors (Lipinski definition) is 3. The summed E-state index contributed by atoms with van der Waals surface area (Å²) in [6.07, 6.45) is 15.6. The van der Waals surface area contributed by atoms with Gasteiger partial charge in [-0.3, -0.25) is 0 Å². The van der Waals surface area contributed by atoms with E-state index in [4.69, 9.17) is 4.74 Å². The second kappa shape index (κ2) is 11.0. The van der Waals surface area contributed by atoms with E-state index < -0.39 is 5.60 Å². The fourth-order valence-electron chi connectivity index (χ4n) is 10.1. The fraction of sp³-hybridized carbons (Fsp3) is 0.750. The maximum absolute atomic E-state index is 12.8. The van der Waals surface area contributed by atoms with Gasteiger partial charge in [0, 0.05) is 0 Å². The number of aliphatic hydroxyl groups is 1. The highest BCUT2D eigenvalue weighted by atomic mass is 16.5. The van der Waals surface area contributed by atoms with E-state index in [2.05, 4.69) is 40.7 Å². The van der Waals surface area contributed by atoms with Crippen LogP contribution in [-0.2, 0) is 4.74 Å². The Morgan fingerprint density at radius 3 is 2.44 bits per heavy atom. The molecule has 0 spiro atoms. The molecule has 4 aliphatic carbocycles. The Balaban J connectivity index is 1.27. The smallest absolute Gasteiger partial charge is 0.338 e. The van der Waals surface area contributed by atoms with Gasteiger partial charge in [-0.25, -0.2) is 4.79 Å². The van der Waals surface area contributed by atoms with Gasteiger partial charge in [-0.2, -0.15) is 0 Å². The van der Waals surface area contributed by atoms with Crippen LogP contribution in [0.3, 0.4) is 0 Å². The summed E-state index contributed by atoms with van der Waals surface area (Å²) in [6, 6.07) is 9.44. The van der Waals surface area contributed by atoms with Crippen LogP contribution in [0.1, 0.15) is 123 Å². The number of carbonyl (C=O) groups excluding carboxylic acids is 1. The SMILES string of the molecule is CC[C@]12CCC3[C@@H](CC=C4C[C@@](C)(O)CC[C@@]43C)[C@@H]1CC[C@@H]2[C@H](C)CC[C@@H](OC(=O)c1ccccc1)C(C)C. The Morgan fingerprint density at radius 2 is 1.74 bits per heavy atom. The van der Waals surface area contributed by atoms with Crippen LogP contribution in [-0.4, -0.2) is 22.8 Å². The number of ether oxygens (including phenoxy) is 1. The number of benzene rings is 1. The Bertz CT molecular complexity index is 1040. The largest absolute Gasteiger partial charge is 0.459 e. The normalized spacial score (nSPS) is 39.2. The van der Waals surface area contributed by atoms with Crippen LogP contribution in [0.5, 0.6) is 0 Å². The number of fused-ring (bicyclic) bond motifs is 5. The van der Waals surface area contributed by atoms with Gasteiger partial charge in [0.15, 0.2) is 0 Å². The summed E-state index contributed by atoms with van der Waals surface area (Å²) >= 11 is 0. The van der Waals surface area contributed by atoms with E-state index in [0.29, 0.717) is 28.2 Å². The van der Waals surface area contributed by atoms with Crippen molar-refractivity contribution in [3.63, 3.8) is 0 Å². The Morgan fingerprint density at radius 1 is 1.00 bits per heavy atom. The molecule has 1 N–H and O–H groups in total. The van der Waals surface area contributed by atoms with Crippen LogP contribution in [0, 0.1) is 46.3 Å². The van der Waals surface area contributed by atoms with Gasteiger partial charge in [0.05, 0.1) is 11.2 Å². The molecule has 39 heavy (non-hydrogen) atoms. The second-order valence-corrected chi connectivity index (χ2v) is 14.9. The molecule has 3 saturated carbocycles. The quantitative estimate of drug-likeness (QED) is 0.267. The van der Waals surface area contributed by atoms with E-state index >= 15 is 0 Å². The molecule has 0 amide bonds. The molecular formula is C36H54O3. The van der Waals surface area contributed by atoms with Crippen molar-refractivity contribution in [2.45, 2.75) is 124 Å². The Kier molecular flexibility index (Phi) is 8.15. The lowest BCUT2D eigenvalue weighted by Gasteiger charge is -2.60. The minimum atomic E-state index is -0.517. The summed E-state index contributed by atoms with van der Waals surface area (Å²) < 4.78 is 6.05. The van der Waals surface area contributed by atoms with Crippen LogP contribution in [0.2, 0.25) is 0 Å². The van der Waals surface area contributed by atoms with Gasteiger partial charge in [-0.05, 0) is 136 Å². The van der Waals surface area contributed by atoms with Crippen molar-refractivity contribution >= 4 is 5.97 Å². The molecule has 0 saturated heterocycles. The van der Waals surface area contributed by atoms with Gasteiger partial charge in [0.25, 0.3) is 0 Å². The molecule has 216 valence electrons. The third-order valence-corrected chi connectivity index (χ3v) is 12.4. The third-order valence-electron chi connectivity index (χ3n) is 12.4. The van der Waals surface area contributed by atoms with Crippen LogP contribution in [0.4, 0.5) is 0 Å². The molecule has 4 aliphatic rings. The predicted octanol–water partition coefficient (Wildman–Crippen LogP) is 9.00. The highest BCUT2D eigenvalue weighted by Gasteiger charge is 2.60. The minimum Gasteiger partial charge on any atom is -0.459 e. The molecule has 0 heterocycles. The molecule has 0 bridgehead atoms. The van der Waals surface area contributed by atoms with Gasteiger partial charge in [0.2, 0.25) is 0 Å². The van der Waals surface area contributed by atoms with Gasteiger partial charge < -0.3 is 9.84 Å². The van der Waals surface area contributed by atoms with E-state index in [-0.39, 0.29) is 12.1 Å². The predicted molar refractivity (Wildman–Crippen MR) is 159 cm³/mol. The lowest BCUT2D eigenvalue weighted by Crippen LogP contribution is -2.52. The van der Waals surface area contributed by atoms with Crippen molar-refractivity contribution in [3.05, 3.63) is 47.5 Å². The maximum Gasteiger partial charge on any atom is 0.338 e. The zero-order valence-electron chi connectivity index (χ0n) is 25.5. The molecule has 3 heteroatoms. The first-order chi connectivity index (χ1) is 18.5. The molecule has 0 radical (unpaired) electrons. The summed E-state index contributed by atoms with van der Waals surface area (Å²) in [7, 11) is 0. The third kappa shape index (κ3) is 5.27. The average Bonchev–Trinajstić information content (AvgIpc) is 3.31. The van der Waals surface area contributed by atoms with Crippen molar-refractivity contribution in [1.29, 1.82) is 0 Å². The Hall–Kier alpha value is -1.61. The highest BCUT2D eigenvalue weighted by Crippen LogP contribution is 2.68. The molecule has 5 rings (SSSR count). The van der Waals surface area contributed by atoms with Crippen molar-refractivity contribution < 1.29 is 14.6 Å². The van der Waals surface area contributed by atoms with Crippen LogP contribution < -0.4 is 0 Å². The van der Waals surface area contributed by atoms with E-state index in [1.54, 1.807) is 5.57 Å². The Labute approximate surface area is 238 Å². The van der Waals surface area contributed by atoms with E-state index in [1.165, 1.54) is 38.5 Å². The first-order valence-electron chi connectivity index (χ1n) is 16.2. The highest BCUT2D eigenvalue weighted by molar-refractivity contribution is 5.89. The van der Waals surface area contributed by atoms with Gasteiger partial charge in [-0.15, -0.1) is 0 Å². The summed E-state index contributed by atoms with van der Waals surface area (Å²) in [6.45, 7) is 13.9.